The van der Waals surface area contributed by atoms with Crippen molar-refractivity contribution in [1.29, 1.82) is 0 Å². The number of carbonyl (C=O) groups excluding carboxylic acids is 2. The number of carbonyl (C=O) groups is 2. The Kier molecular flexibility index (Phi) is 9.24. The van der Waals surface area contributed by atoms with Crippen molar-refractivity contribution in [3.05, 3.63) is 71.2 Å². The van der Waals surface area contributed by atoms with Crippen LogP contribution in [0.3, 0.4) is 0 Å². The molecule has 0 aliphatic heterocycles. The van der Waals surface area contributed by atoms with Crippen LogP contribution in [0.1, 0.15) is 46.9 Å². The van der Waals surface area contributed by atoms with E-state index in [0.29, 0.717) is 39.5 Å². The van der Waals surface area contributed by atoms with Crippen LogP contribution in [0.25, 0.3) is 5.57 Å². The molecule has 1 N–H and O–H groups in total. The average molecular weight is 444 g/mol. The largest absolute Gasteiger partial charge is 0.496 e. The second-order valence-electron chi connectivity index (χ2n) is 6.86. The molecule has 0 spiro atoms. The third-order valence-corrected chi connectivity index (χ3v) is 4.61. The van der Waals surface area contributed by atoms with E-state index in [-0.39, 0.29) is 19.6 Å². The van der Waals surface area contributed by atoms with Gasteiger partial charge in [0.2, 0.25) is 0 Å². The van der Waals surface area contributed by atoms with Gasteiger partial charge in [0.1, 0.15) is 23.9 Å². The molecule has 0 aliphatic carbocycles. The third kappa shape index (κ3) is 6.32. The zero-order chi connectivity index (χ0) is 23.7. The van der Waals surface area contributed by atoms with Crippen molar-refractivity contribution in [2.45, 2.75) is 26.1 Å². The van der Waals surface area contributed by atoms with E-state index < -0.39 is 18.0 Å². The van der Waals surface area contributed by atoms with Gasteiger partial charge in [0, 0.05) is 26.0 Å². The molecule has 1 aromatic heterocycles. The van der Waals surface area contributed by atoms with E-state index in [9.17, 15) is 14.7 Å². The highest BCUT2D eigenvalue weighted by atomic mass is 16.6. The molecule has 8 nitrogen and oxygen atoms in total. The van der Waals surface area contributed by atoms with Crippen LogP contribution in [0, 0.1) is 0 Å². The Bertz CT molecular complexity index is 986. The van der Waals surface area contributed by atoms with E-state index in [1.807, 2.05) is 6.08 Å². The molecule has 2 rings (SSSR count). The maximum Gasteiger partial charge on any atom is 0.337 e. The molecular weight excluding hydrogens is 416 g/mol. The van der Waals surface area contributed by atoms with E-state index in [1.165, 1.54) is 21.1 Å². The van der Waals surface area contributed by atoms with Gasteiger partial charge in [-0.15, -0.1) is 0 Å². The van der Waals surface area contributed by atoms with Gasteiger partial charge in [0.05, 0.1) is 26.4 Å². The lowest BCUT2D eigenvalue weighted by atomic mass is 9.94. The van der Waals surface area contributed by atoms with Crippen molar-refractivity contribution >= 4 is 17.5 Å². The minimum atomic E-state index is -0.729. The number of hydrogen-bond donors (Lipinski definition) is 1. The molecule has 172 valence electrons. The van der Waals surface area contributed by atoms with Crippen LogP contribution in [0.15, 0.2) is 53.0 Å². The summed E-state index contributed by atoms with van der Waals surface area (Å²) in [7, 11) is 4.38. The number of benzene rings is 1. The molecule has 0 radical (unpaired) electrons. The predicted octanol–water partition coefficient (Wildman–Crippen LogP) is 3.85. The predicted molar refractivity (Wildman–Crippen MR) is 117 cm³/mol. The monoisotopic (exact) mass is 444 g/mol. The van der Waals surface area contributed by atoms with Crippen LogP contribution in [-0.2, 0) is 25.6 Å². The molecule has 1 atom stereocenters. The summed E-state index contributed by atoms with van der Waals surface area (Å²) < 4.78 is 26.6. The van der Waals surface area contributed by atoms with Gasteiger partial charge in [-0.2, -0.15) is 0 Å². The topological polar surface area (TPSA) is 104 Å². The first-order valence-corrected chi connectivity index (χ1v) is 9.85. The summed E-state index contributed by atoms with van der Waals surface area (Å²) in [6.45, 7) is 5.36. The zero-order valence-electron chi connectivity index (χ0n) is 18.7. The highest BCUT2D eigenvalue weighted by Crippen LogP contribution is 2.34. The summed E-state index contributed by atoms with van der Waals surface area (Å²) in [6, 6.07) is 8.18. The molecule has 1 heterocycles. The van der Waals surface area contributed by atoms with Crippen LogP contribution < -0.4 is 4.74 Å². The lowest BCUT2D eigenvalue weighted by Crippen LogP contribution is -2.08. The molecule has 2 aromatic rings. The molecule has 0 saturated heterocycles. The van der Waals surface area contributed by atoms with Crippen molar-refractivity contribution in [3.8, 4) is 5.75 Å². The van der Waals surface area contributed by atoms with Crippen molar-refractivity contribution in [2.75, 3.05) is 27.9 Å². The van der Waals surface area contributed by atoms with Crippen molar-refractivity contribution < 1.29 is 38.1 Å². The summed E-state index contributed by atoms with van der Waals surface area (Å²) in [5.41, 5.74) is 2.23. The lowest BCUT2D eigenvalue weighted by molar-refractivity contribution is -0.147. The zero-order valence-corrected chi connectivity index (χ0v) is 18.7. The Morgan fingerprint density at radius 2 is 1.94 bits per heavy atom. The summed E-state index contributed by atoms with van der Waals surface area (Å²) in [5, 5.41) is 9.27. The Balaban J connectivity index is 2.52. The summed E-state index contributed by atoms with van der Waals surface area (Å²) in [4.78, 5) is 23.7. The van der Waals surface area contributed by atoms with Gasteiger partial charge in [0.15, 0.2) is 6.10 Å². The second-order valence-corrected chi connectivity index (χ2v) is 6.86. The van der Waals surface area contributed by atoms with Crippen molar-refractivity contribution in [2.24, 2.45) is 0 Å². The minimum absolute atomic E-state index is 0.227. The van der Waals surface area contributed by atoms with Gasteiger partial charge >= 0.3 is 11.9 Å². The Hall–Kier alpha value is -3.36. The molecule has 0 bridgehead atoms. The SMILES string of the molecule is C=C(COC)/C(=C/C[C@@H](OC(C)=O)c1ccc(CO)o1)c1cc(C(=O)OC)ccc1OC. The number of hydrogen-bond acceptors (Lipinski definition) is 8. The van der Waals surface area contributed by atoms with Gasteiger partial charge in [-0.1, -0.05) is 12.7 Å². The number of furan rings is 1. The standard InChI is InChI=1S/C24H28O8/c1-15(14-28-3)19(20-12-17(24(27)30-5)6-9-21(20)29-4)8-11-22(31-16(2)26)23-10-7-18(13-25)32-23/h6-10,12,22,25H,1,11,13-14H2,2-5H3/b19-8-/t22-/m1/s1. The van der Waals surface area contributed by atoms with Gasteiger partial charge < -0.3 is 28.5 Å². The lowest BCUT2D eigenvalue weighted by Gasteiger charge is -2.18. The minimum Gasteiger partial charge on any atom is -0.496 e. The average Bonchev–Trinajstić information content (AvgIpc) is 3.27. The molecule has 0 unspecified atom stereocenters. The van der Waals surface area contributed by atoms with E-state index in [0.717, 1.165) is 0 Å². The Labute approximate surface area is 187 Å². The fourth-order valence-corrected chi connectivity index (χ4v) is 3.16. The molecule has 0 fully saturated rings. The van der Waals surface area contributed by atoms with Crippen LogP contribution in [-0.4, -0.2) is 45.0 Å². The normalized spacial score (nSPS) is 12.2. The van der Waals surface area contributed by atoms with E-state index in [1.54, 1.807) is 37.4 Å². The Morgan fingerprint density at radius 1 is 1.19 bits per heavy atom. The van der Waals surface area contributed by atoms with Crippen LogP contribution >= 0.6 is 0 Å². The number of aliphatic hydroxyl groups is 1. The molecule has 8 heteroatoms. The fraction of sp³-hybridized carbons (Fsp3) is 0.333. The van der Waals surface area contributed by atoms with Gasteiger partial charge in [-0.05, 0) is 41.5 Å². The highest BCUT2D eigenvalue weighted by Gasteiger charge is 2.21. The van der Waals surface area contributed by atoms with Gasteiger partial charge in [-0.25, -0.2) is 4.79 Å². The van der Waals surface area contributed by atoms with Gasteiger partial charge in [-0.3, -0.25) is 4.79 Å². The smallest absolute Gasteiger partial charge is 0.337 e. The maximum atomic E-state index is 12.1. The quantitative estimate of drug-likeness (QED) is 0.412. The van der Waals surface area contributed by atoms with Crippen LogP contribution in [0.5, 0.6) is 5.75 Å². The van der Waals surface area contributed by atoms with Crippen molar-refractivity contribution in [3.63, 3.8) is 0 Å². The molecular formula is C24H28O8. The molecule has 0 saturated carbocycles. The Morgan fingerprint density at radius 3 is 2.50 bits per heavy atom. The first kappa shape index (κ1) is 24.9. The number of rotatable bonds is 11. The summed E-state index contributed by atoms with van der Waals surface area (Å²) in [6.07, 6.45) is 1.32. The number of esters is 2. The molecule has 1 aromatic carbocycles. The van der Waals surface area contributed by atoms with Crippen LogP contribution in [0.4, 0.5) is 0 Å². The summed E-state index contributed by atoms with van der Waals surface area (Å²) in [5.74, 6) is 0.305. The third-order valence-electron chi connectivity index (χ3n) is 4.61. The highest BCUT2D eigenvalue weighted by molar-refractivity contribution is 5.92. The molecule has 0 aliphatic rings. The number of ether oxygens (including phenoxy) is 4. The van der Waals surface area contributed by atoms with E-state index in [4.69, 9.17) is 23.4 Å². The second kappa shape index (κ2) is 11.9. The number of aliphatic hydroxyl groups excluding tert-OH is 1. The first-order chi connectivity index (χ1) is 15.3. The van der Waals surface area contributed by atoms with Crippen LogP contribution in [0.2, 0.25) is 0 Å². The maximum absolute atomic E-state index is 12.1. The molecule has 32 heavy (non-hydrogen) atoms. The van der Waals surface area contributed by atoms with E-state index >= 15 is 0 Å². The first-order valence-electron chi connectivity index (χ1n) is 9.85. The van der Waals surface area contributed by atoms with Crippen molar-refractivity contribution in [1.82, 2.24) is 0 Å². The number of methoxy groups -OCH3 is 3. The van der Waals surface area contributed by atoms with Gasteiger partial charge in [0.25, 0.3) is 0 Å². The summed E-state index contributed by atoms with van der Waals surface area (Å²) >= 11 is 0. The van der Waals surface area contributed by atoms with E-state index in [2.05, 4.69) is 6.58 Å². The molecule has 0 amide bonds. The fourth-order valence-electron chi connectivity index (χ4n) is 3.16.